The van der Waals surface area contributed by atoms with Crippen LogP contribution in [0.25, 0.3) is 0 Å². The molecule has 4 nitrogen and oxygen atoms in total. The predicted octanol–water partition coefficient (Wildman–Crippen LogP) is -0.271. The minimum Gasteiger partial charge on any atom is -0.303 e. The maximum absolute atomic E-state index is 9.77. The van der Waals surface area contributed by atoms with E-state index in [-0.39, 0.29) is 6.61 Å². The number of rotatable bonds is 2. The topological polar surface area (TPSA) is 66.8 Å². The monoisotopic (exact) mass is 142 g/mol. The number of phosphoric acid groups is 1. The maximum atomic E-state index is 9.77. The molecule has 0 aliphatic carbocycles. The van der Waals surface area contributed by atoms with Gasteiger partial charge in [-0.25, -0.2) is 4.57 Å². The van der Waals surface area contributed by atoms with Crippen molar-refractivity contribution in [1.82, 2.24) is 0 Å². The summed E-state index contributed by atoms with van der Waals surface area (Å²) in [6.07, 6.45) is 4.62. The van der Waals surface area contributed by atoms with Crippen LogP contribution in [0.4, 0.5) is 0 Å². The SMILES string of the molecule is C#CCOP(=[18O])([18OH])[18OH]. The first-order valence-corrected chi connectivity index (χ1v) is 3.23. The highest BCUT2D eigenvalue weighted by Gasteiger charge is 2.11. The molecule has 0 aromatic rings. The number of hydrogen-bond donors (Lipinski definition) is 2. The predicted molar refractivity (Wildman–Crippen MR) is 26.8 cm³/mol. The maximum Gasteiger partial charge on any atom is 0.470 e. The molecule has 0 heterocycles. The lowest BCUT2D eigenvalue weighted by atomic mass is 10.8. The second kappa shape index (κ2) is 2.85. The summed E-state index contributed by atoms with van der Waals surface area (Å²) in [7, 11) is -4.32. The highest BCUT2D eigenvalue weighted by Crippen LogP contribution is 2.34. The first-order chi connectivity index (χ1) is 3.56. The Labute approximate surface area is 46.7 Å². The molecule has 0 radical (unpaired) electrons. The molecule has 0 bridgehead atoms. The van der Waals surface area contributed by atoms with Crippen molar-refractivity contribution < 1.29 is 18.9 Å². The Balaban J connectivity index is 3.45. The van der Waals surface area contributed by atoms with Gasteiger partial charge < -0.3 is 9.79 Å². The summed E-state index contributed by atoms with van der Waals surface area (Å²) in [4.78, 5) is 15.9. The third-order valence-electron chi connectivity index (χ3n) is 0.316. The Bertz CT molecular complexity index is 140. The van der Waals surface area contributed by atoms with E-state index in [1.165, 1.54) is 0 Å². The molecule has 0 atom stereocenters. The molecule has 0 rings (SSSR count). The van der Waals surface area contributed by atoms with E-state index in [1.54, 1.807) is 0 Å². The van der Waals surface area contributed by atoms with E-state index in [4.69, 9.17) is 9.79 Å². The van der Waals surface area contributed by atoms with Crippen LogP contribution in [0.5, 0.6) is 0 Å². The normalized spacial score (nSPS) is 10.6. The van der Waals surface area contributed by atoms with Gasteiger partial charge in [0.15, 0.2) is 0 Å². The van der Waals surface area contributed by atoms with Gasteiger partial charge in [-0.05, 0) is 0 Å². The summed E-state index contributed by atoms with van der Waals surface area (Å²) >= 11 is 0. The van der Waals surface area contributed by atoms with E-state index in [1.807, 2.05) is 5.92 Å². The first kappa shape index (κ1) is 7.67. The third kappa shape index (κ3) is 5.67. The largest absolute Gasteiger partial charge is 0.470 e. The van der Waals surface area contributed by atoms with Gasteiger partial charge in [-0.2, -0.15) is 0 Å². The van der Waals surface area contributed by atoms with Crippen molar-refractivity contribution in [2.45, 2.75) is 0 Å². The van der Waals surface area contributed by atoms with Crippen LogP contribution in [0.2, 0.25) is 0 Å². The van der Waals surface area contributed by atoms with E-state index in [0.717, 1.165) is 0 Å². The summed E-state index contributed by atoms with van der Waals surface area (Å²) in [5.74, 6) is 1.91. The summed E-state index contributed by atoms with van der Waals surface area (Å²) in [6, 6.07) is 0. The van der Waals surface area contributed by atoms with Crippen LogP contribution in [-0.2, 0) is 9.09 Å². The zero-order chi connectivity index (χ0) is 6.62. The average molecular weight is 142 g/mol. The van der Waals surface area contributed by atoms with Crippen molar-refractivity contribution in [3.63, 3.8) is 0 Å². The van der Waals surface area contributed by atoms with Crippen molar-refractivity contribution >= 4 is 7.82 Å². The molecule has 0 amide bonds. The molecule has 0 aromatic heterocycles. The van der Waals surface area contributed by atoms with Crippen LogP contribution in [0.1, 0.15) is 0 Å². The highest BCUT2D eigenvalue weighted by molar-refractivity contribution is 7.46. The second-order valence-corrected chi connectivity index (χ2v) is 2.21. The molecule has 8 heavy (non-hydrogen) atoms. The molecule has 0 spiro atoms. The Kier molecular flexibility index (Phi) is 2.74. The molecule has 2 N–H and O–H groups in total. The summed E-state index contributed by atoms with van der Waals surface area (Å²) in [5, 5.41) is 0. The molecule has 5 heteroatoms. The van der Waals surface area contributed by atoms with Crippen LogP contribution < -0.4 is 0 Å². The first-order valence-electron chi connectivity index (χ1n) is 1.70. The van der Waals surface area contributed by atoms with Crippen LogP contribution in [0, 0.1) is 12.3 Å². The molecule has 0 aromatic carbocycles. The molecule has 0 saturated carbocycles. The zero-order valence-corrected chi connectivity index (χ0v) is 4.84. The van der Waals surface area contributed by atoms with E-state index in [0.29, 0.717) is 0 Å². The Morgan fingerprint density at radius 1 is 1.75 bits per heavy atom. The lowest BCUT2D eigenvalue weighted by Gasteiger charge is -1.97. The molecular formula is C3H5O4P. The molecule has 0 unspecified atom stereocenters. The van der Waals surface area contributed by atoms with Crippen LogP contribution in [0.15, 0.2) is 0 Å². The number of hydrogen-bond acceptors (Lipinski definition) is 2. The van der Waals surface area contributed by atoms with Crippen molar-refractivity contribution in [3.05, 3.63) is 0 Å². The molecular weight excluding hydrogens is 137 g/mol. The quantitative estimate of drug-likeness (QED) is 0.316. The number of phosphoric ester groups is 1. The smallest absolute Gasteiger partial charge is 0.303 e. The van der Waals surface area contributed by atoms with Crippen molar-refractivity contribution in [1.29, 1.82) is 0 Å². The standard InChI is InChI=1S/C3H5O4P/c1-2-3-7-8(4,5)6/h1H,3H2,(H2,4,5,6)/i4+2,5+2,6+2. The van der Waals surface area contributed by atoms with E-state index < -0.39 is 7.82 Å². The average Bonchev–Trinajstić information content (AvgIpc) is 1.59. The van der Waals surface area contributed by atoms with Gasteiger partial charge in [-0.3, -0.25) is 4.52 Å². The summed E-state index contributed by atoms with van der Waals surface area (Å²) in [6.45, 7) is -0.357. The van der Waals surface area contributed by atoms with Crippen LogP contribution >= 0.6 is 7.82 Å². The van der Waals surface area contributed by atoms with Gasteiger partial charge in [0, 0.05) is 0 Å². The Morgan fingerprint density at radius 3 is 2.38 bits per heavy atom. The fourth-order valence-corrected chi connectivity index (χ4v) is 0.364. The van der Waals surface area contributed by atoms with Gasteiger partial charge >= 0.3 is 7.82 Å². The third-order valence-corrected chi connectivity index (χ3v) is 0.782. The van der Waals surface area contributed by atoms with Gasteiger partial charge in [-0.1, -0.05) is 5.92 Å². The van der Waals surface area contributed by atoms with Gasteiger partial charge in [0.25, 0.3) is 0 Å². The van der Waals surface area contributed by atoms with Crippen molar-refractivity contribution in [2.24, 2.45) is 0 Å². The molecule has 0 fully saturated rings. The van der Waals surface area contributed by atoms with E-state index in [9.17, 15) is 4.57 Å². The Morgan fingerprint density at radius 2 is 2.25 bits per heavy atom. The van der Waals surface area contributed by atoms with Crippen LogP contribution in [0.3, 0.4) is 0 Å². The summed E-state index contributed by atoms with van der Waals surface area (Å²) in [5.41, 5.74) is 0. The molecule has 0 aliphatic heterocycles. The second-order valence-electron chi connectivity index (χ2n) is 0.968. The van der Waals surface area contributed by atoms with E-state index in [2.05, 4.69) is 10.9 Å². The number of terminal acetylenes is 1. The van der Waals surface area contributed by atoms with Crippen LogP contribution in [-0.4, -0.2) is 16.4 Å². The fourth-order valence-electron chi connectivity index (χ4n) is 0.121. The highest BCUT2D eigenvalue weighted by atomic mass is 31.2. The zero-order valence-electron chi connectivity index (χ0n) is 3.94. The van der Waals surface area contributed by atoms with Gasteiger partial charge in [0.05, 0.1) is 0 Å². The fraction of sp³-hybridized carbons (Fsp3) is 0.333. The van der Waals surface area contributed by atoms with Crippen molar-refractivity contribution in [2.75, 3.05) is 6.61 Å². The lowest BCUT2D eigenvalue weighted by molar-refractivity contribution is 0.218. The van der Waals surface area contributed by atoms with Gasteiger partial charge in [0.1, 0.15) is 6.61 Å². The molecule has 46 valence electrons. The Hall–Kier alpha value is -0.330. The van der Waals surface area contributed by atoms with E-state index >= 15 is 0 Å². The molecule has 0 saturated heterocycles. The molecule has 0 aliphatic rings. The van der Waals surface area contributed by atoms with Crippen molar-refractivity contribution in [3.8, 4) is 12.3 Å². The summed E-state index contributed by atoms with van der Waals surface area (Å²) < 4.78 is 13.6. The minimum absolute atomic E-state index is 0.357. The lowest BCUT2D eigenvalue weighted by Crippen LogP contribution is -1.86. The minimum atomic E-state index is -4.32. The van der Waals surface area contributed by atoms with Gasteiger partial charge in [-0.15, -0.1) is 6.42 Å². The van der Waals surface area contributed by atoms with Gasteiger partial charge in [0.2, 0.25) is 0 Å².